The number of ether oxygens (including phenoxy) is 1. The van der Waals surface area contributed by atoms with Crippen LogP contribution in [0.3, 0.4) is 0 Å². The van der Waals surface area contributed by atoms with Crippen LogP contribution in [0.2, 0.25) is 0 Å². The van der Waals surface area contributed by atoms with Gasteiger partial charge in [0.15, 0.2) is 0 Å². The highest BCUT2D eigenvalue weighted by Crippen LogP contribution is 2.42. The smallest absolute Gasteiger partial charge is 0.223 e. The molecule has 2 aliphatic heterocycles. The second-order valence-electron chi connectivity index (χ2n) is 10.6. The lowest BCUT2D eigenvalue weighted by atomic mass is 9.71. The maximum atomic E-state index is 12.8. The van der Waals surface area contributed by atoms with Crippen LogP contribution in [-0.4, -0.2) is 48.5 Å². The van der Waals surface area contributed by atoms with Crippen LogP contribution in [0.1, 0.15) is 71.3 Å². The largest absolute Gasteiger partial charge is 0.497 e. The number of likely N-dealkylation sites (tertiary alicyclic amines) is 2. The van der Waals surface area contributed by atoms with E-state index in [1.54, 1.807) is 18.3 Å². The predicted molar refractivity (Wildman–Crippen MR) is 126 cm³/mol. The van der Waals surface area contributed by atoms with Crippen LogP contribution in [0.4, 0.5) is 0 Å². The summed E-state index contributed by atoms with van der Waals surface area (Å²) in [6.45, 7) is 11.4. The van der Waals surface area contributed by atoms with Gasteiger partial charge in [0.1, 0.15) is 5.75 Å². The number of nitrogens with zero attached hydrogens (tertiary/aromatic N) is 2. The Balaban J connectivity index is 1.36. The van der Waals surface area contributed by atoms with Gasteiger partial charge in [0.25, 0.3) is 0 Å². The fraction of sp³-hybridized carbons (Fsp3) is 0.667. The van der Waals surface area contributed by atoms with Crippen molar-refractivity contribution >= 4 is 5.91 Å². The number of carbonyl (C=O) groups excluding carboxylic acids is 1. The number of carbonyl (C=O) groups is 1. The molecular weight excluding hydrogens is 384 g/mol. The molecule has 3 aliphatic rings. The van der Waals surface area contributed by atoms with E-state index in [9.17, 15) is 4.79 Å². The van der Waals surface area contributed by atoms with E-state index in [0.717, 1.165) is 38.2 Å². The maximum Gasteiger partial charge on any atom is 0.223 e. The molecule has 2 fully saturated rings. The normalized spacial score (nSPS) is 26.7. The molecule has 31 heavy (non-hydrogen) atoms. The molecule has 1 aromatic carbocycles. The number of rotatable bonds is 6. The van der Waals surface area contributed by atoms with Gasteiger partial charge in [0.05, 0.1) is 7.11 Å². The zero-order chi connectivity index (χ0) is 22.0. The van der Waals surface area contributed by atoms with Gasteiger partial charge in [-0.05, 0) is 74.5 Å². The molecule has 2 saturated heterocycles. The van der Waals surface area contributed by atoms with Gasteiger partial charge < -0.3 is 14.5 Å². The molecular formula is C27H40N2O2. The average Bonchev–Trinajstić information content (AvgIpc) is 2.75. The molecule has 4 nitrogen and oxygen atoms in total. The summed E-state index contributed by atoms with van der Waals surface area (Å²) < 4.78 is 5.27. The van der Waals surface area contributed by atoms with Gasteiger partial charge in [-0.25, -0.2) is 0 Å². The highest BCUT2D eigenvalue weighted by atomic mass is 16.5. The van der Waals surface area contributed by atoms with Gasteiger partial charge in [0, 0.05) is 38.6 Å². The van der Waals surface area contributed by atoms with Crippen molar-refractivity contribution in [1.82, 2.24) is 9.80 Å². The lowest BCUT2D eigenvalue weighted by Gasteiger charge is -2.47. The summed E-state index contributed by atoms with van der Waals surface area (Å²) in [7, 11) is 1.69. The number of benzene rings is 1. The SMILES string of the molecule is COc1ccc(CN2C(=O)CC[C@@H]3CN(CCC4=C(C)CCCC4(C)C)CC[C@@H]32)cc1. The predicted octanol–water partition coefficient (Wildman–Crippen LogP) is 5.42. The fourth-order valence-corrected chi connectivity index (χ4v) is 6.26. The second kappa shape index (κ2) is 9.36. The first-order chi connectivity index (χ1) is 14.9. The Morgan fingerprint density at radius 3 is 2.61 bits per heavy atom. The Labute approximate surface area is 188 Å². The zero-order valence-electron chi connectivity index (χ0n) is 20.0. The van der Waals surface area contributed by atoms with Crippen LogP contribution in [0, 0.1) is 11.3 Å². The fourth-order valence-electron chi connectivity index (χ4n) is 6.26. The first-order valence-electron chi connectivity index (χ1n) is 12.2. The molecule has 2 heterocycles. The highest BCUT2D eigenvalue weighted by molar-refractivity contribution is 5.77. The molecule has 170 valence electrons. The summed E-state index contributed by atoms with van der Waals surface area (Å²) in [5.41, 5.74) is 4.91. The number of fused-ring (bicyclic) bond motifs is 1. The summed E-state index contributed by atoms with van der Waals surface area (Å²) in [6.07, 6.45) is 8.01. The summed E-state index contributed by atoms with van der Waals surface area (Å²) >= 11 is 0. The standard InChI is InChI=1S/C27H40N2O2/c1-20-6-5-15-27(2,3)24(20)13-16-28-17-14-25-22(19-28)9-12-26(30)29(25)18-21-7-10-23(31-4)11-8-21/h7-8,10-11,22,25H,5-6,9,12-19H2,1-4H3/t22-,25+/m1/s1. The topological polar surface area (TPSA) is 32.8 Å². The van der Waals surface area contributed by atoms with E-state index >= 15 is 0 Å². The first kappa shape index (κ1) is 22.4. The molecule has 2 atom stereocenters. The summed E-state index contributed by atoms with van der Waals surface area (Å²) in [5, 5.41) is 0. The van der Waals surface area contributed by atoms with E-state index in [1.807, 2.05) is 12.1 Å². The molecule has 4 rings (SSSR count). The third-order valence-corrected chi connectivity index (χ3v) is 8.10. The van der Waals surface area contributed by atoms with Crippen molar-refractivity contribution < 1.29 is 9.53 Å². The Morgan fingerprint density at radius 1 is 1.13 bits per heavy atom. The lowest BCUT2D eigenvalue weighted by molar-refractivity contribution is -0.142. The van der Waals surface area contributed by atoms with Crippen molar-refractivity contribution in [3.05, 3.63) is 41.0 Å². The third-order valence-electron chi connectivity index (χ3n) is 8.10. The van der Waals surface area contributed by atoms with Crippen molar-refractivity contribution in [3.8, 4) is 5.75 Å². The van der Waals surface area contributed by atoms with E-state index in [2.05, 4.69) is 42.7 Å². The van der Waals surface area contributed by atoms with E-state index in [-0.39, 0.29) is 0 Å². The maximum absolute atomic E-state index is 12.8. The van der Waals surface area contributed by atoms with Crippen LogP contribution < -0.4 is 4.74 Å². The van der Waals surface area contributed by atoms with Crippen molar-refractivity contribution in [1.29, 1.82) is 0 Å². The van der Waals surface area contributed by atoms with Crippen LogP contribution in [-0.2, 0) is 11.3 Å². The highest BCUT2D eigenvalue weighted by Gasteiger charge is 2.39. The Kier molecular flexibility index (Phi) is 6.76. The van der Waals surface area contributed by atoms with Crippen LogP contribution in [0.5, 0.6) is 5.75 Å². The number of hydrogen-bond acceptors (Lipinski definition) is 3. The van der Waals surface area contributed by atoms with Crippen molar-refractivity contribution in [2.24, 2.45) is 11.3 Å². The molecule has 1 aromatic rings. The Hall–Kier alpha value is -1.81. The van der Waals surface area contributed by atoms with Gasteiger partial charge in [-0.1, -0.05) is 37.1 Å². The lowest BCUT2D eigenvalue weighted by Crippen LogP contribution is -2.55. The monoisotopic (exact) mass is 424 g/mol. The summed E-state index contributed by atoms with van der Waals surface area (Å²) in [6, 6.07) is 8.56. The van der Waals surface area contributed by atoms with Crippen molar-refractivity contribution in [2.45, 2.75) is 78.3 Å². The molecule has 4 heteroatoms. The number of hydrogen-bond donors (Lipinski definition) is 0. The minimum absolute atomic E-state index is 0.329. The van der Waals surface area contributed by atoms with Crippen molar-refractivity contribution in [2.75, 3.05) is 26.7 Å². The minimum Gasteiger partial charge on any atom is -0.497 e. The van der Waals surface area contributed by atoms with Crippen LogP contribution >= 0.6 is 0 Å². The van der Waals surface area contributed by atoms with Crippen LogP contribution in [0.15, 0.2) is 35.4 Å². The molecule has 1 amide bonds. The molecule has 0 radical (unpaired) electrons. The molecule has 0 bridgehead atoms. The van der Waals surface area contributed by atoms with Crippen molar-refractivity contribution in [3.63, 3.8) is 0 Å². The Morgan fingerprint density at radius 2 is 1.90 bits per heavy atom. The van der Waals surface area contributed by atoms with Crippen LogP contribution in [0.25, 0.3) is 0 Å². The van der Waals surface area contributed by atoms with E-state index < -0.39 is 0 Å². The second-order valence-corrected chi connectivity index (χ2v) is 10.6. The molecule has 0 N–H and O–H groups in total. The molecule has 1 aliphatic carbocycles. The first-order valence-corrected chi connectivity index (χ1v) is 12.2. The van der Waals surface area contributed by atoms with Gasteiger partial charge >= 0.3 is 0 Å². The Bertz CT molecular complexity index is 811. The molecule has 0 unspecified atom stereocenters. The van der Waals surface area contributed by atoms with Gasteiger partial charge in [-0.2, -0.15) is 0 Å². The van der Waals surface area contributed by atoms with E-state index in [4.69, 9.17) is 4.74 Å². The summed E-state index contributed by atoms with van der Waals surface area (Å²) in [5.74, 6) is 1.81. The van der Waals surface area contributed by atoms with E-state index in [1.165, 1.54) is 37.8 Å². The number of methoxy groups -OCH3 is 1. The van der Waals surface area contributed by atoms with Gasteiger partial charge in [-0.3, -0.25) is 4.79 Å². The quantitative estimate of drug-likeness (QED) is 0.571. The molecule has 0 saturated carbocycles. The van der Waals surface area contributed by atoms with Gasteiger partial charge in [0.2, 0.25) is 5.91 Å². The minimum atomic E-state index is 0.329. The number of amides is 1. The van der Waals surface area contributed by atoms with Gasteiger partial charge in [-0.15, -0.1) is 0 Å². The number of piperidine rings is 2. The average molecular weight is 425 g/mol. The zero-order valence-corrected chi connectivity index (χ0v) is 20.0. The molecule has 0 spiro atoms. The van der Waals surface area contributed by atoms with E-state index in [0.29, 0.717) is 29.7 Å². The summed E-state index contributed by atoms with van der Waals surface area (Å²) in [4.78, 5) is 17.6. The third kappa shape index (κ3) is 5.00. The molecule has 0 aromatic heterocycles. The number of allylic oxidation sites excluding steroid dienone is 1.